The van der Waals surface area contributed by atoms with Crippen LogP contribution in [-0.4, -0.2) is 20.8 Å². The zero-order chi connectivity index (χ0) is 13.4. The Balaban J connectivity index is 2.03. The number of aromatic nitrogens is 2. The Morgan fingerprint density at radius 1 is 1.37 bits per heavy atom. The largest absolute Gasteiger partial charge is 0.478 e. The highest BCUT2D eigenvalue weighted by Crippen LogP contribution is 2.19. The highest BCUT2D eigenvalue weighted by Gasteiger charge is 2.08. The van der Waals surface area contributed by atoms with Gasteiger partial charge in [-0.15, -0.1) is 0 Å². The molecule has 0 aliphatic rings. The lowest BCUT2D eigenvalue weighted by molar-refractivity contribution is 0.0697. The van der Waals surface area contributed by atoms with Gasteiger partial charge in [-0.25, -0.2) is 4.79 Å². The van der Waals surface area contributed by atoms with Gasteiger partial charge in [0.05, 0.1) is 17.8 Å². The first-order valence-corrected chi connectivity index (χ1v) is 5.88. The SMILES string of the molecule is Cc1cc(Cn2ccc3ccc(C(=O)O)cc32)on1. The minimum Gasteiger partial charge on any atom is -0.478 e. The van der Waals surface area contributed by atoms with E-state index in [2.05, 4.69) is 5.16 Å². The Kier molecular flexibility index (Phi) is 2.59. The van der Waals surface area contributed by atoms with Crippen LogP contribution in [0.2, 0.25) is 0 Å². The number of benzene rings is 1. The highest BCUT2D eigenvalue weighted by atomic mass is 16.5. The zero-order valence-corrected chi connectivity index (χ0v) is 10.3. The van der Waals surface area contributed by atoms with E-state index >= 15 is 0 Å². The van der Waals surface area contributed by atoms with Gasteiger partial charge >= 0.3 is 5.97 Å². The molecule has 2 aromatic heterocycles. The monoisotopic (exact) mass is 256 g/mol. The average molecular weight is 256 g/mol. The van der Waals surface area contributed by atoms with Gasteiger partial charge in [-0.2, -0.15) is 0 Å². The maximum atomic E-state index is 11.0. The molecule has 0 aliphatic carbocycles. The quantitative estimate of drug-likeness (QED) is 0.782. The van der Waals surface area contributed by atoms with Crippen LogP contribution in [0.15, 0.2) is 41.1 Å². The summed E-state index contributed by atoms with van der Waals surface area (Å²) in [5, 5.41) is 13.9. The first-order chi connectivity index (χ1) is 9.13. The molecular formula is C14H12N2O3. The summed E-state index contributed by atoms with van der Waals surface area (Å²) in [6, 6.07) is 8.90. The van der Waals surface area contributed by atoms with Crippen molar-refractivity contribution in [3.8, 4) is 0 Å². The summed E-state index contributed by atoms with van der Waals surface area (Å²) in [5.74, 6) is -0.180. The molecular weight excluding hydrogens is 244 g/mol. The smallest absolute Gasteiger partial charge is 0.335 e. The summed E-state index contributed by atoms with van der Waals surface area (Å²) < 4.78 is 7.12. The van der Waals surface area contributed by atoms with Crippen molar-refractivity contribution < 1.29 is 14.4 Å². The third kappa shape index (κ3) is 2.10. The van der Waals surface area contributed by atoms with Crippen LogP contribution in [0.3, 0.4) is 0 Å². The van der Waals surface area contributed by atoms with Gasteiger partial charge in [0.25, 0.3) is 0 Å². The molecule has 3 rings (SSSR count). The molecule has 0 unspecified atom stereocenters. The van der Waals surface area contributed by atoms with Crippen LogP contribution in [-0.2, 0) is 6.54 Å². The Morgan fingerprint density at radius 2 is 2.21 bits per heavy atom. The van der Waals surface area contributed by atoms with E-state index in [1.807, 2.05) is 29.8 Å². The lowest BCUT2D eigenvalue weighted by Crippen LogP contribution is -1.99. The average Bonchev–Trinajstić information content (AvgIpc) is 2.96. The van der Waals surface area contributed by atoms with E-state index in [9.17, 15) is 4.79 Å². The lowest BCUT2D eigenvalue weighted by atomic mass is 10.1. The summed E-state index contributed by atoms with van der Waals surface area (Å²) in [6.45, 7) is 2.40. The predicted molar refractivity (Wildman–Crippen MR) is 69.2 cm³/mol. The van der Waals surface area contributed by atoms with Crippen molar-refractivity contribution in [1.29, 1.82) is 0 Å². The van der Waals surface area contributed by atoms with Gasteiger partial charge in [-0.3, -0.25) is 0 Å². The first kappa shape index (κ1) is 11.5. The van der Waals surface area contributed by atoms with Gasteiger partial charge in [0, 0.05) is 17.8 Å². The third-order valence-corrected chi connectivity index (χ3v) is 3.02. The lowest BCUT2D eigenvalue weighted by Gasteiger charge is -2.03. The Labute approximate surface area is 109 Å². The molecule has 2 heterocycles. The van der Waals surface area contributed by atoms with Crippen LogP contribution in [0.5, 0.6) is 0 Å². The molecule has 19 heavy (non-hydrogen) atoms. The molecule has 0 saturated heterocycles. The summed E-state index contributed by atoms with van der Waals surface area (Å²) in [4.78, 5) is 11.0. The van der Waals surface area contributed by atoms with E-state index in [0.29, 0.717) is 6.54 Å². The van der Waals surface area contributed by atoms with Crippen molar-refractivity contribution >= 4 is 16.9 Å². The molecule has 0 saturated carbocycles. The van der Waals surface area contributed by atoms with Crippen LogP contribution < -0.4 is 0 Å². The number of nitrogens with zero attached hydrogens (tertiary/aromatic N) is 2. The summed E-state index contributed by atoms with van der Waals surface area (Å²) in [6.07, 6.45) is 1.91. The number of carboxylic acids is 1. The van der Waals surface area contributed by atoms with Gasteiger partial charge in [0.2, 0.25) is 0 Å². The van der Waals surface area contributed by atoms with Gasteiger partial charge in [0.1, 0.15) is 0 Å². The van der Waals surface area contributed by atoms with E-state index in [4.69, 9.17) is 9.63 Å². The second kappa shape index (κ2) is 4.28. The van der Waals surface area contributed by atoms with E-state index in [1.54, 1.807) is 18.2 Å². The van der Waals surface area contributed by atoms with Crippen LogP contribution in [0.25, 0.3) is 10.9 Å². The van der Waals surface area contributed by atoms with Crippen molar-refractivity contribution in [2.45, 2.75) is 13.5 Å². The maximum absolute atomic E-state index is 11.0. The van der Waals surface area contributed by atoms with E-state index < -0.39 is 5.97 Å². The van der Waals surface area contributed by atoms with Gasteiger partial charge in [-0.1, -0.05) is 11.2 Å². The van der Waals surface area contributed by atoms with Gasteiger partial charge < -0.3 is 14.2 Å². The predicted octanol–water partition coefficient (Wildman–Crippen LogP) is 2.68. The summed E-state index contributed by atoms with van der Waals surface area (Å²) >= 11 is 0. The van der Waals surface area contributed by atoms with Gasteiger partial charge in [-0.05, 0) is 30.5 Å². The minimum atomic E-state index is -0.926. The van der Waals surface area contributed by atoms with E-state index in [0.717, 1.165) is 22.4 Å². The summed E-state index contributed by atoms with van der Waals surface area (Å²) in [7, 11) is 0. The fraction of sp³-hybridized carbons (Fsp3) is 0.143. The van der Waals surface area contributed by atoms with Crippen LogP contribution in [0, 0.1) is 6.92 Å². The Morgan fingerprint density at radius 3 is 2.89 bits per heavy atom. The van der Waals surface area contributed by atoms with Gasteiger partial charge in [0.15, 0.2) is 5.76 Å². The van der Waals surface area contributed by atoms with Crippen molar-refractivity contribution in [3.63, 3.8) is 0 Å². The van der Waals surface area contributed by atoms with E-state index in [-0.39, 0.29) is 5.56 Å². The van der Waals surface area contributed by atoms with Crippen molar-refractivity contribution in [3.05, 3.63) is 53.5 Å². The molecule has 0 aliphatic heterocycles. The maximum Gasteiger partial charge on any atom is 0.335 e. The minimum absolute atomic E-state index is 0.279. The molecule has 0 atom stereocenters. The number of fused-ring (bicyclic) bond motifs is 1. The number of hydrogen-bond donors (Lipinski definition) is 1. The molecule has 0 amide bonds. The first-order valence-electron chi connectivity index (χ1n) is 5.88. The normalized spacial score (nSPS) is 11.0. The standard InChI is InChI=1S/C14H12N2O3/c1-9-6-12(19-15-9)8-16-5-4-10-2-3-11(14(17)18)7-13(10)16/h2-7H,8H2,1H3,(H,17,18). The molecule has 0 spiro atoms. The number of carbonyl (C=O) groups is 1. The number of hydrogen-bond acceptors (Lipinski definition) is 3. The Hall–Kier alpha value is -2.56. The zero-order valence-electron chi connectivity index (χ0n) is 10.3. The van der Waals surface area contributed by atoms with Crippen molar-refractivity contribution in [2.75, 3.05) is 0 Å². The summed E-state index contributed by atoms with van der Waals surface area (Å²) in [5.41, 5.74) is 1.98. The molecule has 0 bridgehead atoms. The molecule has 96 valence electrons. The number of aryl methyl sites for hydroxylation is 1. The van der Waals surface area contributed by atoms with Crippen molar-refractivity contribution in [2.24, 2.45) is 0 Å². The fourth-order valence-corrected chi connectivity index (χ4v) is 2.11. The molecule has 0 radical (unpaired) electrons. The molecule has 1 N–H and O–H groups in total. The number of carboxylic acid groups (broad SMARTS) is 1. The van der Waals surface area contributed by atoms with Crippen LogP contribution in [0.1, 0.15) is 21.8 Å². The Bertz CT molecular complexity index is 755. The second-order valence-corrected chi connectivity index (χ2v) is 4.46. The molecule has 5 nitrogen and oxygen atoms in total. The third-order valence-electron chi connectivity index (χ3n) is 3.02. The second-order valence-electron chi connectivity index (χ2n) is 4.46. The van der Waals surface area contributed by atoms with E-state index in [1.165, 1.54) is 0 Å². The molecule has 0 fully saturated rings. The topological polar surface area (TPSA) is 68.3 Å². The van der Waals surface area contributed by atoms with Crippen LogP contribution in [0.4, 0.5) is 0 Å². The van der Waals surface area contributed by atoms with Crippen LogP contribution >= 0.6 is 0 Å². The molecule has 1 aromatic carbocycles. The number of rotatable bonds is 3. The van der Waals surface area contributed by atoms with Crippen molar-refractivity contribution in [1.82, 2.24) is 9.72 Å². The molecule has 3 aromatic rings. The molecule has 5 heteroatoms. The number of aromatic carboxylic acids is 1. The fourth-order valence-electron chi connectivity index (χ4n) is 2.11. The highest BCUT2D eigenvalue weighted by molar-refractivity contribution is 5.93.